The van der Waals surface area contributed by atoms with Gasteiger partial charge in [0.15, 0.2) is 0 Å². The van der Waals surface area contributed by atoms with Crippen LogP contribution in [-0.2, 0) is 16.0 Å². The van der Waals surface area contributed by atoms with Gasteiger partial charge in [-0.25, -0.2) is 0 Å². The zero-order valence-electron chi connectivity index (χ0n) is 15.5. The van der Waals surface area contributed by atoms with Crippen LogP contribution in [-0.4, -0.2) is 47.4 Å². The van der Waals surface area contributed by atoms with Crippen LogP contribution in [0.15, 0.2) is 41.8 Å². The Morgan fingerprint density at radius 1 is 1.22 bits per heavy atom. The van der Waals surface area contributed by atoms with Crippen molar-refractivity contribution in [3.05, 3.63) is 52.2 Å². The minimum atomic E-state index is -0.110. The van der Waals surface area contributed by atoms with Gasteiger partial charge in [-0.3, -0.25) is 9.59 Å². The Balaban J connectivity index is 1.51. The molecule has 1 atom stereocenters. The number of carbonyl (C=O) groups is 2. The van der Waals surface area contributed by atoms with E-state index >= 15 is 0 Å². The van der Waals surface area contributed by atoms with Gasteiger partial charge >= 0.3 is 0 Å². The first-order chi connectivity index (χ1) is 13.1. The zero-order valence-corrected chi connectivity index (χ0v) is 16.3. The second-order valence-corrected chi connectivity index (χ2v) is 8.15. The quantitative estimate of drug-likeness (QED) is 0.768. The Morgan fingerprint density at radius 3 is 2.70 bits per heavy atom. The Bertz CT molecular complexity index is 816. The second kappa shape index (κ2) is 7.72. The molecule has 1 aromatic heterocycles. The fraction of sp³-hybridized carbons (Fsp3) is 0.429. The van der Waals surface area contributed by atoms with E-state index in [4.69, 9.17) is 4.74 Å². The molecule has 1 aliphatic heterocycles. The predicted octanol–water partition coefficient (Wildman–Crippen LogP) is 3.26. The molecule has 0 unspecified atom stereocenters. The standard InChI is InChI=1S/C21H24N2O3S/c1-15(24)23(16-7-8-16)13-21(25)22-11-9-20-18(10-12-27-20)19(22)14-26-17-5-3-2-4-6-17/h2-6,10,12,16,19H,7-9,11,13-14H2,1H3/t19-/m1/s1. The van der Waals surface area contributed by atoms with Crippen molar-refractivity contribution < 1.29 is 14.3 Å². The zero-order chi connectivity index (χ0) is 18.8. The van der Waals surface area contributed by atoms with Crippen LogP contribution < -0.4 is 4.74 Å². The minimum absolute atomic E-state index is 0.00983. The number of nitrogens with zero attached hydrogens (tertiary/aromatic N) is 2. The largest absolute Gasteiger partial charge is 0.491 e. The second-order valence-electron chi connectivity index (χ2n) is 7.15. The maximum Gasteiger partial charge on any atom is 0.242 e. The number of para-hydroxylation sites is 1. The molecule has 2 aliphatic rings. The summed E-state index contributed by atoms with van der Waals surface area (Å²) in [5.74, 6) is 0.794. The molecule has 0 spiro atoms. The molecular weight excluding hydrogens is 360 g/mol. The molecule has 0 radical (unpaired) electrons. The molecule has 2 amide bonds. The average molecular weight is 385 g/mol. The molecule has 1 saturated carbocycles. The van der Waals surface area contributed by atoms with Crippen molar-refractivity contribution in [2.24, 2.45) is 0 Å². The highest BCUT2D eigenvalue weighted by Gasteiger charge is 2.36. The van der Waals surface area contributed by atoms with Crippen molar-refractivity contribution in [2.45, 2.75) is 38.3 Å². The van der Waals surface area contributed by atoms with Gasteiger partial charge in [-0.2, -0.15) is 0 Å². The van der Waals surface area contributed by atoms with Crippen molar-refractivity contribution in [2.75, 3.05) is 19.7 Å². The van der Waals surface area contributed by atoms with Gasteiger partial charge in [-0.05, 0) is 48.4 Å². The van der Waals surface area contributed by atoms with Gasteiger partial charge in [0, 0.05) is 24.4 Å². The van der Waals surface area contributed by atoms with Crippen molar-refractivity contribution in [3.8, 4) is 5.75 Å². The fourth-order valence-electron chi connectivity index (χ4n) is 3.69. The number of fused-ring (bicyclic) bond motifs is 1. The molecule has 5 nitrogen and oxygen atoms in total. The lowest BCUT2D eigenvalue weighted by atomic mass is 10.0. The molecular formula is C21H24N2O3S. The third-order valence-electron chi connectivity index (χ3n) is 5.26. The van der Waals surface area contributed by atoms with Gasteiger partial charge < -0.3 is 14.5 Å². The number of benzene rings is 1. The molecule has 0 N–H and O–H groups in total. The van der Waals surface area contributed by atoms with Gasteiger partial charge in [-0.1, -0.05) is 18.2 Å². The highest BCUT2D eigenvalue weighted by atomic mass is 32.1. The van der Waals surface area contributed by atoms with E-state index in [1.54, 1.807) is 23.2 Å². The highest BCUT2D eigenvalue weighted by Crippen LogP contribution is 2.34. The maximum absolute atomic E-state index is 13.1. The van der Waals surface area contributed by atoms with E-state index in [-0.39, 0.29) is 30.4 Å². The number of amides is 2. The van der Waals surface area contributed by atoms with Gasteiger partial charge in [0.25, 0.3) is 0 Å². The smallest absolute Gasteiger partial charge is 0.242 e. The van der Waals surface area contributed by atoms with Gasteiger partial charge in [0.2, 0.25) is 11.8 Å². The maximum atomic E-state index is 13.1. The first kappa shape index (κ1) is 18.0. The van der Waals surface area contributed by atoms with Crippen LogP contribution in [0.5, 0.6) is 5.75 Å². The van der Waals surface area contributed by atoms with Crippen molar-refractivity contribution in [1.82, 2.24) is 9.80 Å². The number of hydrogen-bond acceptors (Lipinski definition) is 4. The summed E-state index contributed by atoms with van der Waals surface area (Å²) < 4.78 is 5.99. The van der Waals surface area contributed by atoms with Gasteiger partial charge in [0.1, 0.15) is 18.9 Å². The lowest BCUT2D eigenvalue weighted by Crippen LogP contribution is -2.48. The van der Waals surface area contributed by atoms with E-state index in [1.165, 1.54) is 10.4 Å². The highest BCUT2D eigenvalue weighted by molar-refractivity contribution is 7.10. The summed E-state index contributed by atoms with van der Waals surface area (Å²) in [5, 5.41) is 2.08. The normalized spacial score (nSPS) is 18.7. The topological polar surface area (TPSA) is 49.9 Å². The molecule has 1 aliphatic carbocycles. The summed E-state index contributed by atoms with van der Waals surface area (Å²) in [6.45, 7) is 2.81. The van der Waals surface area contributed by atoms with Crippen molar-refractivity contribution in [1.29, 1.82) is 0 Å². The summed E-state index contributed by atoms with van der Waals surface area (Å²) in [5.41, 5.74) is 1.18. The molecule has 2 heterocycles. The van der Waals surface area contributed by atoms with Crippen molar-refractivity contribution >= 4 is 23.2 Å². The minimum Gasteiger partial charge on any atom is -0.491 e. The number of carbonyl (C=O) groups excluding carboxylic acids is 2. The lowest BCUT2D eigenvalue weighted by molar-refractivity contribution is -0.142. The molecule has 0 bridgehead atoms. The van der Waals surface area contributed by atoms with Crippen molar-refractivity contribution in [3.63, 3.8) is 0 Å². The average Bonchev–Trinajstić information content (AvgIpc) is 3.40. The molecule has 2 aromatic rings. The Labute approximate surface area is 163 Å². The summed E-state index contributed by atoms with van der Waals surface area (Å²) in [6.07, 6.45) is 2.87. The SMILES string of the molecule is CC(=O)N(CC(=O)N1CCc2sccc2[C@H]1COc1ccccc1)C1CC1. The molecule has 1 aromatic carbocycles. The monoisotopic (exact) mass is 384 g/mol. The van der Waals surface area contributed by atoms with Crippen LogP contribution in [0, 0.1) is 0 Å². The van der Waals surface area contributed by atoms with E-state index in [0.29, 0.717) is 13.2 Å². The number of ether oxygens (including phenoxy) is 1. The Kier molecular flexibility index (Phi) is 5.16. The summed E-state index contributed by atoms with van der Waals surface area (Å²) in [7, 11) is 0. The number of thiophene rings is 1. The first-order valence-electron chi connectivity index (χ1n) is 9.44. The van der Waals surface area contributed by atoms with E-state index in [9.17, 15) is 9.59 Å². The van der Waals surface area contributed by atoms with E-state index in [0.717, 1.165) is 25.0 Å². The summed E-state index contributed by atoms with van der Waals surface area (Å²) in [6, 6.07) is 11.9. The van der Waals surface area contributed by atoms with E-state index < -0.39 is 0 Å². The fourth-order valence-corrected chi connectivity index (χ4v) is 4.61. The lowest BCUT2D eigenvalue weighted by Gasteiger charge is -2.37. The Morgan fingerprint density at radius 2 is 2.00 bits per heavy atom. The number of hydrogen-bond donors (Lipinski definition) is 0. The van der Waals surface area contributed by atoms with Gasteiger partial charge in [0.05, 0.1) is 6.04 Å². The molecule has 27 heavy (non-hydrogen) atoms. The first-order valence-corrected chi connectivity index (χ1v) is 10.3. The Hall–Kier alpha value is -2.34. The molecule has 142 valence electrons. The summed E-state index contributed by atoms with van der Waals surface area (Å²) in [4.78, 5) is 30.0. The van der Waals surface area contributed by atoms with Crippen LogP contribution in [0.1, 0.15) is 36.2 Å². The molecule has 0 saturated heterocycles. The molecule has 1 fully saturated rings. The van der Waals surface area contributed by atoms with Crippen LogP contribution in [0.25, 0.3) is 0 Å². The van der Waals surface area contributed by atoms with Crippen LogP contribution in [0.3, 0.4) is 0 Å². The van der Waals surface area contributed by atoms with Gasteiger partial charge in [-0.15, -0.1) is 11.3 Å². The molecule has 4 rings (SSSR count). The van der Waals surface area contributed by atoms with Crippen LogP contribution in [0.4, 0.5) is 0 Å². The van der Waals surface area contributed by atoms with E-state index in [1.807, 2.05) is 35.2 Å². The van der Waals surface area contributed by atoms with Crippen LogP contribution in [0.2, 0.25) is 0 Å². The third-order valence-corrected chi connectivity index (χ3v) is 6.26. The summed E-state index contributed by atoms with van der Waals surface area (Å²) >= 11 is 1.74. The van der Waals surface area contributed by atoms with E-state index in [2.05, 4.69) is 11.4 Å². The number of rotatable bonds is 6. The third kappa shape index (κ3) is 4.00. The molecule has 6 heteroatoms. The predicted molar refractivity (Wildman–Crippen MR) is 105 cm³/mol. The van der Waals surface area contributed by atoms with Crippen LogP contribution >= 0.6 is 11.3 Å².